The minimum atomic E-state index is -4.42. The third-order valence-electron chi connectivity index (χ3n) is 5.17. The van der Waals surface area contributed by atoms with Crippen LogP contribution >= 0.6 is 0 Å². The summed E-state index contributed by atoms with van der Waals surface area (Å²) < 4.78 is 64.4. The van der Waals surface area contributed by atoms with Gasteiger partial charge in [0.25, 0.3) is 0 Å². The van der Waals surface area contributed by atoms with Crippen LogP contribution < -0.4 is 9.21 Å². The van der Waals surface area contributed by atoms with Crippen LogP contribution in [0.2, 0.25) is 0 Å². The molecule has 0 atom stereocenters. The van der Waals surface area contributed by atoms with Crippen molar-refractivity contribution < 1.29 is 26.4 Å². The Morgan fingerprint density at radius 2 is 1.65 bits per heavy atom. The SMILES string of the molecule is Cc1ccc(N(CC(=O)N2CCN(c3cccc(C(F)(F)F)c3)CC2)S(C)(=O)=O)cc1. The summed E-state index contributed by atoms with van der Waals surface area (Å²) in [5, 5.41) is 0. The van der Waals surface area contributed by atoms with Gasteiger partial charge in [0.05, 0.1) is 17.5 Å². The van der Waals surface area contributed by atoms with Gasteiger partial charge in [-0.25, -0.2) is 8.42 Å². The molecule has 1 fully saturated rings. The van der Waals surface area contributed by atoms with E-state index >= 15 is 0 Å². The molecule has 31 heavy (non-hydrogen) atoms. The molecule has 2 aromatic carbocycles. The zero-order chi connectivity index (χ0) is 22.8. The van der Waals surface area contributed by atoms with Crippen molar-refractivity contribution in [3.05, 3.63) is 59.7 Å². The van der Waals surface area contributed by atoms with Gasteiger partial charge in [-0.1, -0.05) is 23.8 Å². The van der Waals surface area contributed by atoms with Crippen LogP contribution in [0.25, 0.3) is 0 Å². The Morgan fingerprint density at radius 3 is 2.19 bits per heavy atom. The van der Waals surface area contributed by atoms with Crippen molar-refractivity contribution in [3.8, 4) is 0 Å². The molecule has 1 aliphatic heterocycles. The van der Waals surface area contributed by atoms with E-state index in [2.05, 4.69) is 0 Å². The average Bonchev–Trinajstić information content (AvgIpc) is 2.71. The standard InChI is InChI=1S/C21H24F3N3O3S/c1-16-6-8-18(9-7-16)27(31(2,29)30)15-20(28)26-12-10-25(11-13-26)19-5-3-4-17(14-19)21(22,23)24/h3-9,14H,10-13,15H2,1-2H3. The molecule has 2 aromatic rings. The van der Waals surface area contributed by atoms with E-state index in [0.717, 1.165) is 28.3 Å². The van der Waals surface area contributed by atoms with Crippen LogP contribution in [0.5, 0.6) is 0 Å². The first kappa shape index (κ1) is 22.9. The lowest BCUT2D eigenvalue weighted by Crippen LogP contribution is -2.52. The third kappa shape index (κ3) is 5.69. The number of aryl methyl sites for hydroxylation is 1. The second-order valence-electron chi connectivity index (χ2n) is 7.52. The summed E-state index contributed by atoms with van der Waals surface area (Å²) in [6.45, 7) is 2.85. The topological polar surface area (TPSA) is 60.9 Å². The smallest absolute Gasteiger partial charge is 0.368 e. The molecule has 0 unspecified atom stereocenters. The fourth-order valence-corrected chi connectivity index (χ4v) is 4.28. The van der Waals surface area contributed by atoms with Crippen LogP contribution in [0.15, 0.2) is 48.5 Å². The number of benzene rings is 2. The Bertz CT molecular complexity index is 1030. The number of sulfonamides is 1. The number of hydrogen-bond acceptors (Lipinski definition) is 4. The molecule has 1 amide bonds. The van der Waals surface area contributed by atoms with E-state index in [1.807, 2.05) is 6.92 Å². The quantitative estimate of drug-likeness (QED) is 0.695. The maximum absolute atomic E-state index is 13.0. The largest absolute Gasteiger partial charge is 0.416 e. The summed E-state index contributed by atoms with van der Waals surface area (Å²) in [7, 11) is -3.67. The van der Waals surface area contributed by atoms with Gasteiger partial charge in [0.15, 0.2) is 0 Å². The first-order valence-corrected chi connectivity index (χ1v) is 11.5. The minimum absolute atomic E-state index is 0.292. The fraction of sp³-hybridized carbons (Fsp3) is 0.381. The highest BCUT2D eigenvalue weighted by Gasteiger charge is 2.31. The molecular formula is C21H24F3N3O3S. The maximum atomic E-state index is 13.0. The number of anilines is 2. The summed E-state index contributed by atoms with van der Waals surface area (Å²) in [6.07, 6.45) is -3.37. The third-order valence-corrected chi connectivity index (χ3v) is 6.31. The summed E-state index contributed by atoms with van der Waals surface area (Å²) in [5.74, 6) is -0.352. The van der Waals surface area contributed by atoms with Crippen molar-refractivity contribution in [2.24, 2.45) is 0 Å². The summed E-state index contributed by atoms with van der Waals surface area (Å²) in [5.41, 5.74) is 1.10. The highest BCUT2D eigenvalue weighted by molar-refractivity contribution is 7.92. The van der Waals surface area contributed by atoms with Gasteiger partial charge in [-0.2, -0.15) is 13.2 Å². The van der Waals surface area contributed by atoms with Crippen molar-refractivity contribution in [3.63, 3.8) is 0 Å². The average molecular weight is 456 g/mol. The molecule has 168 valence electrons. The van der Waals surface area contributed by atoms with E-state index in [-0.39, 0.29) is 12.5 Å². The van der Waals surface area contributed by atoms with Crippen molar-refractivity contribution in [2.45, 2.75) is 13.1 Å². The Morgan fingerprint density at radius 1 is 1.03 bits per heavy atom. The van der Waals surface area contributed by atoms with Gasteiger partial charge in [-0.05, 0) is 37.3 Å². The Kier molecular flexibility index (Phi) is 6.49. The van der Waals surface area contributed by atoms with Crippen LogP contribution in [0.4, 0.5) is 24.5 Å². The van der Waals surface area contributed by atoms with Gasteiger partial charge in [0.1, 0.15) is 6.54 Å². The van der Waals surface area contributed by atoms with Crippen LogP contribution in [0.1, 0.15) is 11.1 Å². The second kappa shape index (κ2) is 8.78. The first-order chi connectivity index (χ1) is 14.4. The Balaban J connectivity index is 1.66. The fourth-order valence-electron chi connectivity index (χ4n) is 3.43. The Hall–Kier alpha value is -2.75. The lowest BCUT2D eigenvalue weighted by Gasteiger charge is -2.37. The van der Waals surface area contributed by atoms with E-state index < -0.39 is 21.8 Å². The normalized spacial score (nSPS) is 15.1. The lowest BCUT2D eigenvalue weighted by atomic mass is 10.1. The molecule has 0 radical (unpaired) electrons. The van der Waals surface area contributed by atoms with Gasteiger partial charge in [-0.15, -0.1) is 0 Å². The number of amides is 1. The van der Waals surface area contributed by atoms with Gasteiger partial charge < -0.3 is 9.80 Å². The molecule has 10 heteroatoms. The number of rotatable bonds is 5. The molecular weight excluding hydrogens is 431 g/mol. The lowest BCUT2D eigenvalue weighted by molar-refractivity contribution is -0.137. The molecule has 3 rings (SSSR count). The number of halogens is 3. The van der Waals surface area contributed by atoms with Gasteiger partial charge in [-0.3, -0.25) is 9.10 Å². The van der Waals surface area contributed by atoms with Crippen LogP contribution in [-0.4, -0.2) is 58.2 Å². The van der Waals surface area contributed by atoms with E-state index in [0.29, 0.717) is 37.6 Å². The molecule has 0 bridgehead atoms. The van der Waals surface area contributed by atoms with E-state index in [1.165, 1.54) is 11.0 Å². The molecule has 0 saturated carbocycles. The maximum Gasteiger partial charge on any atom is 0.416 e. The Labute approximate surface area is 179 Å². The number of piperazine rings is 1. The van der Waals surface area contributed by atoms with E-state index in [9.17, 15) is 26.4 Å². The summed E-state index contributed by atoms with van der Waals surface area (Å²) in [4.78, 5) is 16.1. The second-order valence-corrected chi connectivity index (χ2v) is 9.43. The molecule has 1 heterocycles. The number of alkyl halides is 3. The number of nitrogens with zero attached hydrogens (tertiary/aromatic N) is 3. The summed E-state index contributed by atoms with van der Waals surface area (Å²) in [6, 6.07) is 11.9. The van der Waals surface area contributed by atoms with Crippen LogP contribution in [0.3, 0.4) is 0 Å². The molecule has 6 nitrogen and oxygen atoms in total. The van der Waals surface area contributed by atoms with Crippen molar-refractivity contribution in [2.75, 3.05) is 48.2 Å². The first-order valence-electron chi connectivity index (χ1n) is 9.69. The number of hydrogen-bond donors (Lipinski definition) is 0. The number of carbonyl (C=O) groups is 1. The number of carbonyl (C=O) groups excluding carboxylic acids is 1. The van der Waals surface area contributed by atoms with Crippen molar-refractivity contribution >= 4 is 27.3 Å². The zero-order valence-electron chi connectivity index (χ0n) is 17.3. The van der Waals surface area contributed by atoms with Crippen LogP contribution in [0, 0.1) is 6.92 Å². The molecule has 0 N–H and O–H groups in total. The van der Waals surface area contributed by atoms with E-state index in [1.54, 1.807) is 35.2 Å². The predicted molar refractivity (Wildman–Crippen MR) is 114 cm³/mol. The molecule has 0 aromatic heterocycles. The predicted octanol–water partition coefficient (Wildman–Crippen LogP) is 3.13. The highest BCUT2D eigenvalue weighted by Crippen LogP contribution is 2.32. The molecule has 0 aliphatic carbocycles. The highest BCUT2D eigenvalue weighted by atomic mass is 32.2. The van der Waals surface area contributed by atoms with Crippen molar-refractivity contribution in [1.29, 1.82) is 0 Å². The molecule has 1 saturated heterocycles. The van der Waals surface area contributed by atoms with Gasteiger partial charge in [0, 0.05) is 31.9 Å². The van der Waals surface area contributed by atoms with E-state index in [4.69, 9.17) is 0 Å². The van der Waals surface area contributed by atoms with Crippen molar-refractivity contribution in [1.82, 2.24) is 4.90 Å². The zero-order valence-corrected chi connectivity index (χ0v) is 18.1. The van der Waals surface area contributed by atoms with Crippen LogP contribution in [-0.2, 0) is 21.0 Å². The monoisotopic (exact) mass is 455 g/mol. The van der Waals surface area contributed by atoms with Gasteiger partial charge >= 0.3 is 6.18 Å². The van der Waals surface area contributed by atoms with Gasteiger partial charge in [0.2, 0.25) is 15.9 Å². The summed E-state index contributed by atoms with van der Waals surface area (Å²) >= 11 is 0. The molecule has 0 spiro atoms. The minimum Gasteiger partial charge on any atom is -0.368 e. The molecule has 1 aliphatic rings.